The number of benzene rings is 1. The third-order valence-electron chi connectivity index (χ3n) is 2.50. The van der Waals surface area contributed by atoms with Crippen LogP contribution in [0.2, 0.25) is 0 Å². The van der Waals surface area contributed by atoms with Gasteiger partial charge < -0.3 is 9.47 Å². The van der Waals surface area contributed by atoms with Gasteiger partial charge in [0.25, 0.3) is 0 Å². The maximum atomic E-state index is 13.8. The Morgan fingerprint density at radius 2 is 1.67 bits per heavy atom. The molecule has 0 spiro atoms. The van der Waals surface area contributed by atoms with Crippen LogP contribution in [0.3, 0.4) is 0 Å². The number of ether oxygens (including phenoxy) is 2. The highest BCUT2D eigenvalue weighted by Crippen LogP contribution is 2.20. The third-order valence-corrected chi connectivity index (χ3v) is 3.00. The molecule has 0 unspecified atom stereocenters. The van der Waals surface area contributed by atoms with Crippen molar-refractivity contribution >= 4 is 33.7 Å². The number of hydrogen-bond acceptors (Lipinski definition) is 5. The van der Waals surface area contributed by atoms with Crippen molar-refractivity contribution in [3.8, 4) is 0 Å². The van der Waals surface area contributed by atoms with Crippen LogP contribution in [0.4, 0.5) is 4.39 Å². The van der Waals surface area contributed by atoms with Crippen molar-refractivity contribution in [3.63, 3.8) is 0 Å². The van der Waals surface area contributed by atoms with Crippen LogP contribution in [0.25, 0.3) is 0 Å². The summed E-state index contributed by atoms with van der Waals surface area (Å²) < 4.78 is 23.6. The van der Waals surface area contributed by atoms with Gasteiger partial charge in [-0.2, -0.15) is 0 Å². The average Bonchev–Trinajstić information content (AvgIpc) is 2.39. The number of carbonyl (C=O) groups is 3. The lowest BCUT2D eigenvalue weighted by molar-refractivity contribution is -0.158. The van der Waals surface area contributed by atoms with E-state index in [9.17, 15) is 18.8 Å². The van der Waals surface area contributed by atoms with Crippen molar-refractivity contribution in [2.24, 2.45) is 5.92 Å². The molecule has 0 bridgehead atoms. The first-order valence-corrected chi connectivity index (χ1v) is 7.04. The largest absolute Gasteiger partial charge is 0.465 e. The molecule has 0 heterocycles. The Balaban J connectivity index is 3.15. The van der Waals surface area contributed by atoms with E-state index in [2.05, 4.69) is 25.4 Å². The number of carbonyl (C=O) groups excluding carboxylic acids is 3. The SMILES string of the molecule is CCOC(=O)C(C(=O)OCC)C(=O)c1ccc(Br)cc1F. The molecule has 1 rings (SSSR count). The maximum Gasteiger partial charge on any atom is 0.328 e. The summed E-state index contributed by atoms with van der Waals surface area (Å²) in [5.41, 5.74) is -0.371. The van der Waals surface area contributed by atoms with Gasteiger partial charge in [-0.05, 0) is 32.0 Å². The third kappa shape index (κ3) is 4.35. The number of ketones is 1. The first-order valence-electron chi connectivity index (χ1n) is 6.24. The number of rotatable bonds is 6. The van der Waals surface area contributed by atoms with Crippen LogP contribution in [-0.2, 0) is 19.1 Å². The maximum absolute atomic E-state index is 13.8. The summed E-state index contributed by atoms with van der Waals surface area (Å²) >= 11 is 3.06. The van der Waals surface area contributed by atoms with Crippen molar-refractivity contribution in [2.75, 3.05) is 13.2 Å². The molecule has 5 nitrogen and oxygen atoms in total. The summed E-state index contributed by atoms with van der Waals surface area (Å²) in [5.74, 6) is -5.75. The Morgan fingerprint density at radius 3 is 2.10 bits per heavy atom. The van der Waals surface area contributed by atoms with E-state index in [0.717, 1.165) is 6.07 Å². The quantitative estimate of drug-likeness (QED) is 0.442. The smallest absolute Gasteiger partial charge is 0.328 e. The van der Waals surface area contributed by atoms with Gasteiger partial charge in [0.2, 0.25) is 5.92 Å². The van der Waals surface area contributed by atoms with Crippen LogP contribution < -0.4 is 0 Å². The highest BCUT2D eigenvalue weighted by atomic mass is 79.9. The van der Waals surface area contributed by atoms with Crippen molar-refractivity contribution < 1.29 is 28.2 Å². The minimum absolute atomic E-state index is 0.00909. The molecule has 0 aliphatic carbocycles. The molecule has 0 aromatic heterocycles. The summed E-state index contributed by atoms with van der Waals surface area (Å²) in [4.78, 5) is 35.8. The van der Waals surface area contributed by atoms with E-state index in [1.165, 1.54) is 26.0 Å². The molecule has 21 heavy (non-hydrogen) atoms. The highest BCUT2D eigenvalue weighted by molar-refractivity contribution is 9.10. The highest BCUT2D eigenvalue weighted by Gasteiger charge is 2.38. The fraction of sp³-hybridized carbons (Fsp3) is 0.357. The topological polar surface area (TPSA) is 69.7 Å². The summed E-state index contributed by atoms with van der Waals surface area (Å²) in [6.07, 6.45) is 0. The summed E-state index contributed by atoms with van der Waals surface area (Å²) in [5, 5.41) is 0. The van der Waals surface area contributed by atoms with E-state index in [4.69, 9.17) is 0 Å². The molecule has 1 aromatic carbocycles. The lowest BCUT2D eigenvalue weighted by atomic mass is 9.97. The van der Waals surface area contributed by atoms with Gasteiger partial charge >= 0.3 is 11.9 Å². The van der Waals surface area contributed by atoms with Gasteiger partial charge in [0, 0.05) is 4.47 Å². The van der Waals surface area contributed by atoms with Gasteiger partial charge in [-0.3, -0.25) is 14.4 Å². The molecule has 0 N–H and O–H groups in total. The molecule has 0 atom stereocenters. The van der Waals surface area contributed by atoms with Crippen molar-refractivity contribution in [3.05, 3.63) is 34.1 Å². The number of hydrogen-bond donors (Lipinski definition) is 0. The summed E-state index contributed by atoms with van der Waals surface area (Å²) in [6, 6.07) is 3.69. The Kier molecular flexibility index (Phi) is 6.48. The van der Waals surface area contributed by atoms with E-state index in [0.29, 0.717) is 4.47 Å². The Hall–Kier alpha value is -1.76. The van der Waals surface area contributed by atoms with Gasteiger partial charge in [0.15, 0.2) is 5.78 Å². The van der Waals surface area contributed by atoms with Crippen molar-refractivity contribution in [1.29, 1.82) is 0 Å². The minimum Gasteiger partial charge on any atom is -0.465 e. The summed E-state index contributed by atoms with van der Waals surface area (Å²) in [7, 11) is 0. The predicted octanol–water partition coefficient (Wildman–Crippen LogP) is 2.51. The number of halogens is 2. The predicted molar refractivity (Wildman–Crippen MR) is 75.2 cm³/mol. The molecule has 7 heteroatoms. The zero-order valence-electron chi connectivity index (χ0n) is 11.5. The van der Waals surface area contributed by atoms with E-state index in [1.807, 2.05) is 0 Å². The van der Waals surface area contributed by atoms with Crippen LogP contribution in [0.15, 0.2) is 22.7 Å². The first kappa shape index (κ1) is 17.3. The minimum atomic E-state index is -1.82. The number of esters is 2. The Morgan fingerprint density at radius 1 is 1.14 bits per heavy atom. The van der Waals surface area contributed by atoms with Gasteiger partial charge in [-0.25, -0.2) is 4.39 Å². The second kappa shape index (κ2) is 7.87. The van der Waals surface area contributed by atoms with E-state index in [-0.39, 0.29) is 18.8 Å². The van der Waals surface area contributed by atoms with Gasteiger partial charge in [-0.1, -0.05) is 15.9 Å². The number of Topliss-reactive ketones (excluding diaryl/α,β-unsaturated/α-hetero) is 1. The first-order chi connectivity index (χ1) is 9.92. The normalized spacial score (nSPS) is 10.3. The standard InChI is InChI=1S/C14H14BrFO5/c1-3-20-13(18)11(14(19)21-4-2)12(17)9-6-5-8(15)7-10(9)16/h5-7,11H,3-4H2,1-2H3. The van der Waals surface area contributed by atoms with Gasteiger partial charge in [-0.15, -0.1) is 0 Å². The Bertz CT molecular complexity index is 540. The molecular formula is C14H14BrFO5. The van der Waals surface area contributed by atoms with Crippen molar-refractivity contribution in [2.45, 2.75) is 13.8 Å². The van der Waals surface area contributed by atoms with E-state index < -0.39 is 29.5 Å². The van der Waals surface area contributed by atoms with Crippen LogP contribution in [0.5, 0.6) is 0 Å². The molecule has 0 saturated carbocycles. The molecular weight excluding hydrogens is 347 g/mol. The van der Waals surface area contributed by atoms with Gasteiger partial charge in [0.05, 0.1) is 18.8 Å². The van der Waals surface area contributed by atoms with E-state index in [1.54, 1.807) is 0 Å². The lowest BCUT2D eigenvalue weighted by Crippen LogP contribution is -2.35. The van der Waals surface area contributed by atoms with E-state index >= 15 is 0 Å². The monoisotopic (exact) mass is 360 g/mol. The second-order valence-electron chi connectivity index (χ2n) is 3.93. The van der Waals surface area contributed by atoms with Crippen LogP contribution in [0.1, 0.15) is 24.2 Å². The fourth-order valence-electron chi connectivity index (χ4n) is 1.61. The molecule has 1 aromatic rings. The molecule has 0 aliphatic heterocycles. The van der Waals surface area contributed by atoms with Crippen LogP contribution >= 0.6 is 15.9 Å². The summed E-state index contributed by atoms with van der Waals surface area (Å²) in [6.45, 7) is 3.05. The van der Waals surface area contributed by atoms with Crippen molar-refractivity contribution in [1.82, 2.24) is 0 Å². The average molecular weight is 361 g/mol. The lowest BCUT2D eigenvalue weighted by Gasteiger charge is -2.13. The molecule has 114 valence electrons. The molecule has 0 fully saturated rings. The van der Waals surface area contributed by atoms with Gasteiger partial charge in [0.1, 0.15) is 5.82 Å². The molecule has 0 aliphatic rings. The Labute approximate surface area is 129 Å². The van der Waals surface area contributed by atoms with Crippen LogP contribution in [0, 0.1) is 11.7 Å². The second-order valence-corrected chi connectivity index (χ2v) is 4.84. The zero-order valence-corrected chi connectivity index (χ0v) is 13.1. The molecule has 0 radical (unpaired) electrons. The van der Waals surface area contributed by atoms with Crippen LogP contribution in [-0.4, -0.2) is 30.9 Å². The molecule has 0 amide bonds. The zero-order chi connectivity index (χ0) is 16.0. The fourth-order valence-corrected chi connectivity index (χ4v) is 1.94. The molecule has 0 saturated heterocycles.